The molecular weight excluding hydrogens is 307 g/mol. The summed E-state index contributed by atoms with van der Waals surface area (Å²) in [4.78, 5) is 16.7. The third-order valence-electron chi connectivity index (χ3n) is 4.76. The minimum atomic E-state index is 0.0506. The number of piperidine rings is 1. The van der Waals surface area contributed by atoms with Crippen LogP contribution in [0.25, 0.3) is 0 Å². The lowest BCUT2D eigenvalue weighted by atomic mass is 10.1. The Hall–Kier alpha value is -0.770. The van der Waals surface area contributed by atoms with E-state index in [1.54, 1.807) is 12.1 Å². The Kier molecular flexibility index (Phi) is 3.93. The van der Waals surface area contributed by atoms with E-state index in [0.717, 1.165) is 31.1 Å². The first-order valence-electron chi connectivity index (χ1n) is 7.28. The van der Waals surface area contributed by atoms with Crippen LogP contribution in [0.2, 0.25) is 10.0 Å². The van der Waals surface area contributed by atoms with Gasteiger partial charge in [-0.15, -0.1) is 0 Å². The van der Waals surface area contributed by atoms with Crippen LogP contribution >= 0.6 is 23.2 Å². The van der Waals surface area contributed by atoms with Gasteiger partial charge in [-0.05, 0) is 56.5 Å². The molecular formula is C16H20Cl2N2O. The van der Waals surface area contributed by atoms with Crippen LogP contribution in [-0.2, 0) is 0 Å². The first-order valence-corrected chi connectivity index (χ1v) is 8.03. The third-order valence-corrected chi connectivity index (χ3v) is 5.55. The molecule has 0 spiro atoms. The number of nitrogens with zero attached hydrogens (tertiary/aromatic N) is 2. The van der Waals surface area contributed by atoms with E-state index in [0.29, 0.717) is 27.4 Å². The molecule has 1 amide bonds. The third kappa shape index (κ3) is 2.79. The van der Waals surface area contributed by atoms with Crippen molar-refractivity contribution in [1.29, 1.82) is 0 Å². The van der Waals surface area contributed by atoms with Crippen molar-refractivity contribution in [2.45, 2.75) is 6.92 Å². The van der Waals surface area contributed by atoms with Crippen molar-refractivity contribution in [3.63, 3.8) is 0 Å². The summed E-state index contributed by atoms with van der Waals surface area (Å²) < 4.78 is 0. The largest absolute Gasteiger partial charge is 0.338 e. The average molecular weight is 327 g/mol. The number of amides is 1. The van der Waals surface area contributed by atoms with Gasteiger partial charge in [0.25, 0.3) is 5.91 Å². The van der Waals surface area contributed by atoms with E-state index in [1.807, 2.05) is 11.8 Å². The van der Waals surface area contributed by atoms with Gasteiger partial charge < -0.3 is 9.80 Å². The molecule has 1 aromatic carbocycles. The fraction of sp³-hybridized carbons (Fsp3) is 0.562. The maximum Gasteiger partial charge on any atom is 0.253 e. The summed E-state index contributed by atoms with van der Waals surface area (Å²) in [5.41, 5.74) is 1.42. The summed E-state index contributed by atoms with van der Waals surface area (Å²) >= 11 is 12.3. The van der Waals surface area contributed by atoms with Crippen LogP contribution in [0.4, 0.5) is 0 Å². The monoisotopic (exact) mass is 326 g/mol. The van der Waals surface area contributed by atoms with Crippen LogP contribution in [0.3, 0.4) is 0 Å². The zero-order valence-electron chi connectivity index (χ0n) is 12.6. The van der Waals surface area contributed by atoms with Crippen molar-refractivity contribution in [2.75, 3.05) is 33.7 Å². The van der Waals surface area contributed by atoms with E-state index in [9.17, 15) is 4.79 Å². The lowest BCUT2D eigenvalue weighted by Crippen LogP contribution is -2.33. The number of hydrogen-bond donors (Lipinski definition) is 0. The Morgan fingerprint density at radius 2 is 1.76 bits per heavy atom. The van der Waals surface area contributed by atoms with E-state index in [-0.39, 0.29) is 5.91 Å². The van der Waals surface area contributed by atoms with Crippen molar-refractivity contribution in [2.24, 2.45) is 17.8 Å². The van der Waals surface area contributed by atoms with Crippen LogP contribution in [0.5, 0.6) is 0 Å². The van der Waals surface area contributed by atoms with Crippen LogP contribution < -0.4 is 0 Å². The van der Waals surface area contributed by atoms with Gasteiger partial charge in [-0.1, -0.05) is 23.2 Å². The Labute approximate surface area is 135 Å². The summed E-state index contributed by atoms with van der Waals surface area (Å²) in [6.07, 6.45) is 0. The van der Waals surface area contributed by atoms with Gasteiger partial charge in [0.2, 0.25) is 0 Å². The van der Waals surface area contributed by atoms with Crippen LogP contribution in [0.15, 0.2) is 12.1 Å². The van der Waals surface area contributed by atoms with Crippen molar-refractivity contribution in [3.05, 3.63) is 33.3 Å². The van der Waals surface area contributed by atoms with E-state index in [2.05, 4.69) is 19.0 Å². The van der Waals surface area contributed by atoms with E-state index >= 15 is 0 Å². The molecule has 0 aromatic heterocycles. The standard InChI is InChI=1S/C16H20Cl2N2O/c1-9-14(17)4-10(5-15(9)18)16(21)20-7-12-11(6-19(2)3)13(12)8-20/h4-5,11-13H,6-8H2,1-3H3/t11?,12-,13+. The Morgan fingerprint density at radius 1 is 1.24 bits per heavy atom. The molecule has 0 N–H and O–H groups in total. The molecule has 21 heavy (non-hydrogen) atoms. The minimum absolute atomic E-state index is 0.0506. The molecule has 114 valence electrons. The Balaban J connectivity index is 1.67. The molecule has 1 aliphatic heterocycles. The van der Waals surface area contributed by atoms with Gasteiger partial charge in [-0.3, -0.25) is 4.79 Å². The quantitative estimate of drug-likeness (QED) is 0.851. The summed E-state index contributed by atoms with van der Waals surface area (Å²) in [7, 11) is 4.21. The van der Waals surface area contributed by atoms with Crippen LogP contribution in [0, 0.1) is 24.7 Å². The number of likely N-dealkylation sites (tertiary alicyclic amines) is 1. The molecule has 1 saturated heterocycles. The summed E-state index contributed by atoms with van der Waals surface area (Å²) in [6.45, 7) is 4.71. The van der Waals surface area contributed by atoms with Gasteiger partial charge in [-0.2, -0.15) is 0 Å². The number of benzene rings is 1. The average Bonchev–Trinajstić information content (AvgIpc) is 2.87. The zero-order chi connectivity index (χ0) is 15.3. The second-order valence-corrected chi connectivity index (χ2v) is 7.34. The predicted octanol–water partition coefficient (Wildman–Crippen LogP) is 3.18. The molecule has 5 heteroatoms. The summed E-state index contributed by atoms with van der Waals surface area (Å²) in [5, 5.41) is 1.11. The fourth-order valence-electron chi connectivity index (χ4n) is 3.46. The molecule has 3 nitrogen and oxygen atoms in total. The van der Waals surface area contributed by atoms with Crippen LogP contribution in [-0.4, -0.2) is 49.4 Å². The first-order chi connectivity index (χ1) is 9.88. The maximum atomic E-state index is 12.6. The van der Waals surface area contributed by atoms with Gasteiger partial charge in [0.1, 0.15) is 0 Å². The lowest BCUT2D eigenvalue weighted by molar-refractivity contribution is 0.0765. The van der Waals surface area contributed by atoms with Crippen molar-refractivity contribution in [3.8, 4) is 0 Å². The highest BCUT2D eigenvalue weighted by molar-refractivity contribution is 6.36. The molecule has 3 atom stereocenters. The van der Waals surface area contributed by atoms with E-state index < -0.39 is 0 Å². The highest BCUT2D eigenvalue weighted by atomic mass is 35.5. The normalized spacial score (nSPS) is 27.1. The maximum absolute atomic E-state index is 12.6. The highest BCUT2D eigenvalue weighted by Crippen LogP contribution is 2.52. The summed E-state index contributed by atoms with van der Waals surface area (Å²) in [5.74, 6) is 2.16. The van der Waals surface area contributed by atoms with Gasteiger partial charge in [0, 0.05) is 35.2 Å². The molecule has 3 rings (SSSR count). The zero-order valence-corrected chi connectivity index (χ0v) is 14.1. The number of hydrogen-bond acceptors (Lipinski definition) is 2. The minimum Gasteiger partial charge on any atom is -0.338 e. The number of carbonyl (C=O) groups excluding carboxylic acids is 1. The number of carbonyl (C=O) groups is 1. The first kappa shape index (κ1) is 15.1. The fourth-order valence-corrected chi connectivity index (χ4v) is 3.95. The number of rotatable bonds is 3. The van der Waals surface area contributed by atoms with Crippen molar-refractivity contribution in [1.82, 2.24) is 9.80 Å². The molecule has 1 saturated carbocycles. The molecule has 2 fully saturated rings. The van der Waals surface area contributed by atoms with Gasteiger partial charge in [0.05, 0.1) is 0 Å². The second kappa shape index (κ2) is 5.45. The molecule has 1 aliphatic carbocycles. The SMILES string of the molecule is Cc1c(Cl)cc(C(=O)N2C[C@@H]3C(CN(C)C)[C@@H]3C2)cc1Cl. The van der Waals surface area contributed by atoms with Gasteiger partial charge in [0.15, 0.2) is 0 Å². The van der Waals surface area contributed by atoms with E-state index in [1.165, 1.54) is 0 Å². The number of fused-ring (bicyclic) bond motifs is 1. The molecule has 2 aliphatic rings. The molecule has 1 heterocycles. The second-order valence-electron chi connectivity index (χ2n) is 6.53. The number of halogens is 2. The smallest absolute Gasteiger partial charge is 0.253 e. The topological polar surface area (TPSA) is 23.6 Å². The van der Waals surface area contributed by atoms with Gasteiger partial charge >= 0.3 is 0 Å². The lowest BCUT2D eigenvalue weighted by Gasteiger charge is -2.21. The van der Waals surface area contributed by atoms with Crippen LogP contribution in [0.1, 0.15) is 15.9 Å². The predicted molar refractivity (Wildman–Crippen MR) is 86.1 cm³/mol. The summed E-state index contributed by atoms with van der Waals surface area (Å²) in [6, 6.07) is 3.46. The van der Waals surface area contributed by atoms with Crippen molar-refractivity contribution >= 4 is 29.1 Å². The molecule has 1 aromatic rings. The Bertz CT molecular complexity index is 553. The molecule has 1 unspecified atom stereocenters. The highest BCUT2D eigenvalue weighted by Gasteiger charge is 2.56. The molecule has 0 bridgehead atoms. The van der Waals surface area contributed by atoms with Crippen molar-refractivity contribution < 1.29 is 4.79 Å². The Morgan fingerprint density at radius 3 is 2.24 bits per heavy atom. The van der Waals surface area contributed by atoms with E-state index in [4.69, 9.17) is 23.2 Å². The molecule has 0 radical (unpaired) electrons. The van der Waals surface area contributed by atoms with Gasteiger partial charge in [-0.25, -0.2) is 0 Å².